The largest absolute Gasteiger partial charge is 0.452 e. The van der Waals surface area contributed by atoms with Gasteiger partial charge in [0.2, 0.25) is 0 Å². The van der Waals surface area contributed by atoms with E-state index in [-0.39, 0.29) is 18.5 Å². The maximum atomic E-state index is 12.6. The summed E-state index contributed by atoms with van der Waals surface area (Å²) < 4.78 is 5.36. The zero-order valence-corrected chi connectivity index (χ0v) is 16.4. The Morgan fingerprint density at radius 1 is 1.31 bits per heavy atom. The summed E-state index contributed by atoms with van der Waals surface area (Å²) in [4.78, 5) is 28.0. The van der Waals surface area contributed by atoms with E-state index in [4.69, 9.17) is 4.74 Å². The molecular weight excluding hydrogens is 346 g/mol. The van der Waals surface area contributed by atoms with Crippen molar-refractivity contribution < 1.29 is 14.3 Å². The van der Waals surface area contributed by atoms with E-state index in [2.05, 4.69) is 6.92 Å². The predicted octanol–water partition coefficient (Wildman–Crippen LogP) is 4.39. The molecule has 1 aliphatic carbocycles. The van der Waals surface area contributed by atoms with Gasteiger partial charge in [-0.3, -0.25) is 4.79 Å². The average molecular weight is 372 g/mol. The van der Waals surface area contributed by atoms with E-state index in [1.807, 2.05) is 43.5 Å². The van der Waals surface area contributed by atoms with E-state index in [1.54, 1.807) is 16.2 Å². The van der Waals surface area contributed by atoms with Gasteiger partial charge in [-0.1, -0.05) is 25.1 Å². The fourth-order valence-corrected chi connectivity index (χ4v) is 4.71. The summed E-state index contributed by atoms with van der Waals surface area (Å²) in [6.45, 7) is 6.43. The topological polar surface area (TPSA) is 46.6 Å². The van der Waals surface area contributed by atoms with Crippen LogP contribution in [0.4, 0.5) is 5.69 Å². The van der Waals surface area contributed by atoms with Crippen LogP contribution in [0.2, 0.25) is 0 Å². The summed E-state index contributed by atoms with van der Waals surface area (Å²) in [5.41, 5.74) is 3.65. The van der Waals surface area contributed by atoms with Gasteiger partial charge < -0.3 is 9.64 Å². The maximum absolute atomic E-state index is 12.6. The van der Waals surface area contributed by atoms with Crippen LogP contribution in [0.1, 0.15) is 46.6 Å². The zero-order valence-electron chi connectivity index (χ0n) is 15.6. The fourth-order valence-electron chi connectivity index (χ4n) is 3.48. The summed E-state index contributed by atoms with van der Waals surface area (Å²) in [6, 6.07) is 7.73. The van der Waals surface area contributed by atoms with Crippen LogP contribution in [0.25, 0.3) is 0 Å². The number of likely N-dealkylation sites (N-methyl/N-ethyl adjacent to an activating group) is 1. The normalized spacial score (nSPS) is 16.0. The average Bonchev–Trinajstić information content (AvgIpc) is 3.05. The molecule has 3 rings (SSSR count). The molecule has 0 radical (unpaired) electrons. The lowest BCUT2D eigenvalue weighted by Gasteiger charge is -2.23. The number of aryl methyl sites for hydroxylation is 1. The summed E-state index contributed by atoms with van der Waals surface area (Å²) in [5, 5.41) is 1.88. The molecular formula is C21H25NO3S. The number of hydrogen-bond donors (Lipinski definition) is 0. The highest BCUT2D eigenvalue weighted by atomic mass is 32.1. The molecule has 5 heteroatoms. The highest BCUT2D eigenvalue weighted by Crippen LogP contribution is 2.33. The van der Waals surface area contributed by atoms with Crippen LogP contribution >= 0.6 is 11.3 Å². The van der Waals surface area contributed by atoms with Gasteiger partial charge >= 0.3 is 5.97 Å². The van der Waals surface area contributed by atoms with Gasteiger partial charge in [0, 0.05) is 22.5 Å². The standard InChI is InChI=1S/C21H25NO3S/c1-4-22(18-8-6-5-7-15(18)3)20(23)12-25-21(24)17-13-26-19-11-14(2)9-10-16(17)19/h5-8,13-14H,4,9-12H2,1-3H3/t14-/m0/s1. The number of para-hydroxylation sites is 1. The number of rotatable bonds is 5. The van der Waals surface area contributed by atoms with Crippen molar-refractivity contribution in [2.45, 2.75) is 40.0 Å². The van der Waals surface area contributed by atoms with E-state index in [0.717, 1.165) is 36.1 Å². The van der Waals surface area contributed by atoms with Crippen LogP contribution < -0.4 is 4.90 Å². The van der Waals surface area contributed by atoms with Gasteiger partial charge in [0.1, 0.15) is 0 Å². The Bertz CT molecular complexity index is 811. The smallest absolute Gasteiger partial charge is 0.339 e. The van der Waals surface area contributed by atoms with E-state index in [9.17, 15) is 9.59 Å². The van der Waals surface area contributed by atoms with Crippen molar-refractivity contribution in [3.05, 3.63) is 51.2 Å². The Labute approximate surface area is 158 Å². The molecule has 0 fully saturated rings. The number of anilines is 1. The van der Waals surface area contributed by atoms with Gasteiger partial charge in [0.05, 0.1) is 5.56 Å². The third-order valence-corrected chi connectivity index (χ3v) is 6.02. The van der Waals surface area contributed by atoms with Crippen LogP contribution in [0, 0.1) is 12.8 Å². The number of carbonyl (C=O) groups is 2. The van der Waals surface area contributed by atoms with Crippen molar-refractivity contribution >= 4 is 28.9 Å². The molecule has 0 spiro atoms. The molecule has 1 atom stereocenters. The molecule has 26 heavy (non-hydrogen) atoms. The molecule has 0 saturated heterocycles. The summed E-state index contributed by atoms with van der Waals surface area (Å²) >= 11 is 1.63. The van der Waals surface area contributed by atoms with Crippen molar-refractivity contribution in [1.82, 2.24) is 0 Å². The number of fused-ring (bicyclic) bond motifs is 1. The van der Waals surface area contributed by atoms with Gasteiger partial charge in [0.15, 0.2) is 6.61 Å². The van der Waals surface area contributed by atoms with Gasteiger partial charge in [0.25, 0.3) is 5.91 Å². The van der Waals surface area contributed by atoms with Gasteiger partial charge in [-0.15, -0.1) is 11.3 Å². The SMILES string of the molecule is CCN(C(=O)COC(=O)c1csc2c1CC[C@H](C)C2)c1ccccc1C. The number of hydrogen-bond acceptors (Lipinski definition) is 4. The second kappa shape index (κ2) is 8.04. The minimum atomic E-state index is -0.383. The van der Waals surface area contributed by atoms with Gasteiger partial charge in [-0.2, -0.15) is 0 Å². The first-order valence-corrected chi connectivity index (χ1v) is 10.0. The predicted molar refractivity (Wildman–Crippen MR) is 105 cm³/mol. The van der Waals surface area contributed by atoms with Crippen molar-refractivity contribution in [1.29, 1.82) is 0 Å². The van der Waals surface area contributed by atoms with Crippen molar-refractivity contribution in [3.8, 4) is 0 Å². The first kappa shape index (κ1) is 18.6. The maximum Gasteiger partial charge on any atom is 0.339 e. The minimum absolute atomic E-state index is 0.201. The number of benzene rings is 1. The summed E-state index contributed by atoms with van der Waals surface area (Å²) in [7, 11) is 0. The summed E-state index contributed by atoms with van der Waals surface area (Å²) in [5.74, 6) is 0.0814. The van der Waals surface area contributed by atoms with E-state index in [0.29, 0.717) is 18.0 Å². The minimum Gasteiger partial charge on any atom is -0.452 e. The first-order chi connectivity index (χ1) is 12.5. The van der Waals surface area contributed by atoms with Crippen molar-refractivity contribution in [2.75, 3.05) is 18.1 Å². The van der Waals surface area contributed by atoms with Gasteiger partial charge in [-0.25, -0.2) is 4.79 Å². The van der Waals surface area contributed by atoms with Crippen LogP contribution in [-0.2, 0) is 22.4 Å². The number of ether oxygens (including phenoxy) is 1. The Kier molecular flexibility index (Phi) is 5.77. The first-order valence-electron chi connectivity index (χ1n) is 9.13. The number of amides is 1. The van der Waals surface area contributed by atoms with E-state index < -0.39 is 0 Å². The Balaban J connectivity index is 1.66. The lowest BCUT2D eigenvalue weighted by molar-refractivity contribution is -0.121. The molecule has 138 valence electrons. The van der Waals surface area contributed by atoms with E-state index in [1.165, 1.54) is 4.88 Å². The quantitative estimate of drug-likeness (QED) is 0.732. The molecule has 1 aromatic heterocycles. The molecule has 1 aliphatic rings. The number of esters is 1. The zero-order chi connectivity index (χ0) is 18.7. The molecule has 1 heterocycles. The lowest BCUT2D eigenvalue weighted by Crippen LogP contribution is -2.35. The lowest BCUT2D eigenvalue weighted by atomic mass is 9.88. The second-order valence-electron chi connectivity index (χ2n) is 6.90. The number of thiophene rings is 1. The molecule has 0 saturated carbocycles. The summed E-state index contributed by atoms with van der Waals surface area (Å²) in [6.07, 6.45) is 3.05. The number of nitrogens with zero attached hydrogens (tertiary/aromatic N) is 1. The van der Waals surface area contributed by atoms with Crippen LogP contribution in [0.5, 0.6) is 0 Å². The Morgan fingerprint density at radius 3 is 2.81 bits per heavy atom. The third-order valence-electron chi connectivity index (χ3n) is 4.97. The molecule has 1 aromatic carbocycles. The fraction of sp³-hybridized carbons (Fsp3) is 0.429. The van der Waals surface area contributed by atoms with Crippen molar-refractivity contribution in [3.63, 3.8) is 0 Å². The molecule has 0 unspecified atom stereocenters. The molecule has 0 bridgehead atoms. The van der Waals surface area contributed by atoms with Crippen molar-refractivity contribution in [2.24, 2.45) is 5.92 Å². The highest BCUT2D eigenvalue weighted by Gasteiger charge is 2.25. The second-order valence-corrected chi connectivity index (χ2v) is 7.86. The van der Waals surface area contributed by atoms with Crippen LogP contribution in [-0.4, -0.2) is 25.0 Å². The molecule has 4 nitrogen and oxygen atoms in total. The molecule has 2 aromatic rings. The van der Waals surface area contributed by atoms with Crippen LogP contribution in [0.15, 0.2) is 29.6 Å². The Hall–Kier alpha value is -2.14. The van der Waals surface area contributed by atoms with Crippen LogP contribution in [0.3, 0.4) is 0 Å². The van der Waals surface area contributed by atoms with E-state index >= 15 is 0 Å². The molecule has 1 amide bonds. The molecule has 0 N–H and O–H groups in total. The number of carbonyl (C=O) groups excluding carboxylic acids is 2. The van der Waals surface area contributed by atoms with Gasteiger partial charge in [-0.05, 0) is 56.2 Å². The molecule has 0 aliphatic heterocycles. The Morgan fingerprint density at radius 2 is 2.08 bits per heavy atom. The third kappa shape index (κ3) is 3.83. The highest BCUT2D eigenvalue weighted by molar-refractivity contribution is 7.10. The monoisotopic (exact) mass is 371 g/mol.